The quantitative estimate of drug-likeness (QED) is 0.329. The first-order chi connectivity index (χ1) is 14.0. The molecule has 0 amide bonds. The van der Waals surface area contributed by atoms with Crippen molar-refractivity contribution in [1.82, 2.24) is 0 Å². The number of aryl methyl sites for hydroxylation is 1. The van der Waals surface area contributed by atoms with Crippen molar-refractivity contribution in [3.8, 4) is 5.75 Å². The van der Waals surface area contributed by atoms with Crippen molar-refractivity contribution in [2.24, 2.45) is 5.41 Å². The van der Waals surface area contributed by atoms with Crippen LogP contribution in [0.15, 0.2) is 12.1 Å². The largest absolute Gasteiger partial charge is 0.507 e. The number of benzene rings is 1. The highest BCUT2D eigenvalue weighted by Crippen LogP contribution is 2.39. The van der Waals surface area contributed by atoms with E-state index in [1.54, 1.807) is 0 Å². The summed E-state index contributed by atoms with van der Waals surface area (Å²) in [6, 6.07) is 4.18. The van der Waals surface area contributed by atoms with Gasteiger partial charge in [-0.25, -0.2) is 0 Å². The third kappa shape index (κ3) is 12.8. The minimum Gasteiger partial charge on any atom is -0.507 e. The second-order valence-corrected chi connectivity index (χ2v) is 10.8. The van der Waals surface area contributed by atoms with Gasteiger partial charge in [0.25, 0.3) is 0 Å². The molecular weight excluding hydrogens is 415 g/mol. The standard InChI is InChI=1S/C15H24O.C9H20O2.H3O3P/c1-10-8-11(14(2,3)4)13(16)12(9-10)15(5,6)7;1-3-5-6-9(4-2,7-10)8-11;1-4(2)3/h8-9,16H,1-7H3;10-11H,3-8H2,1-2H3;1-3H. The van der Waals surface area contributed by atoms with Crippen LogP contribution in [-0.4, -0.2) is 43.2 Å². The maximum absolute atomic E-state index is 10.4. The van der Waals surface area contributed by atoms with Gasteiger partial charge in [0.05, 0.1) is 13.2 Å². The first-order valence-electron chi connectivity index (χ1n) is 10.9. The molecule has 0 bridgehead atoms. The van der Waals surface area contributed by atoms with Crippen LogP contribution >= 0.6 is 8.60 Å². The van der Waals surface area contributed by atoms with Crippen molar-refractivity contribution in [2.75, 3.05) is 13.2 Å². The fourth-order valence-corrected chi connectivity index (χ4v) is 3.08. The van der Waals surface area contributed by atoms with Crippen molar-refractivity contribution in [3.05, 3.63) is 28.8 Å². The van der Waals surface area contributed by atoms with Crippen LogP contribution in [0.25, 0.3) is 0 Å². The van der Waals surface area contributed by atoms with Gasteiger partial charge < -0.3 is 30.0 Å². The minimum atomic E-state index is -2.62. The lowest BCUT2D eigenvalue weighted by Gasteiger charge is -2.27. The average molecular weight is 463 g/mol. The van der Waals surface area contributed by atoms with Crippen LogP contribution in [0.3, 0.4) is 0 Å². The Labute approximate surface area is 191 Å². The third-order valence-electron chi connectivity index (χ3n) is 5.35. The highest BCUT2D eigenvalue weighted by Gasteiger charge is 2.26. The van der Waals surface area contributed by atoms with E-state index >= 15 is 0 Å². The van der Waals surface area contributed by atoms with Crippen LogP contribution in [0.1, 0.15) is 97.8 Å². The van der Waals surface area contributed by atoms with Crippen molar-refractivity contribution in [1.29, 1.82) is 0 Å². The normalized spacial score (nSPS) is 12.1. The Kier molecular flexibility index (Phi) is 15.1. The lowest BCUT2D eigenvalue weighted by molar-refractivity contribution is 0.0420. The molecule has 1 aromatic rings. The van der Waals surface area contributed by atoms with Gasteiger partial charge in [0, 0.05) is 5.41 Å². The second kappa shape index (κ2) is 14.4. The molecule has 31 heavy (non-hydrogen) atoms. The smallest absolute Gasteiger partial charge is 0.324 e. The van der Waals surface area contributed by atoms with E-state index in [0.29, 0.717) is 5.75 Å². The fraction of sp³-hybridized carbons (Fsp3) is 0.750. The Balaban J connectivity index is 0. The van der Waals surface area contributed by atoms with Gasteiger partial charge in [-0.15, -0.1) is 0 Å². The number of phenolic OH excluding ortho intramolecular Hbond substituents is 1. The summed E-state index contributed by atoms with van der Waals surface area (Å²) in [6.45, 7) is 19.2. The van der Waals surface area contributed by atoms with Crippen LogP contribution in [0.5, 0.6) is 5.75 Å². The topological polar surface area (TPSA) is 121 Å². The van der Waals surface area contributed by atoms with Gasteiger partial charge in [-0.1, -0.05) is 85.9 Å². The highest BCUT2D eigenvalue weighted by atomic mass is 31.2. The molecule has 0 radical (unpaired) electrons. The van der Waals surface area contributed by atoms with Crippen LogP contribution in [0.4, 0.5) is 0 Å². The number of aliphatic hydroxyl groups excluding tert-OH is 2. The summed E-state index contributed by atoms with van der Waals surface area (Å²) in [6.07, 6.45) is 4.02. The molecule has 0 aliphatic rings. The van der Waals surface area contributed by atoms with Gasteiger partial charge in [-0.2, -0.15) is 0 Å². The molecule has 6 N–H and O–H groups in total. The SMILES string of the molecule is CCCCC(CC)(CO)CO.Cc1cc(C(C)(C)C)c(O)c(C(C)(C)C)c1.OP(O)O. The Morgan fingerprint density at radius 2 is 1.16 bits per heavy atom. The van der Waals surface area contributed by atoms with E-state index in [1.807, 2.05) is 6.92 Å². The molecule has 0 aliphatic carbocycles. The number of phenols is 1. The molecule has 0 saturated carbocycles. The zero-order valence-electron chi connectivity index (χ0n) is 21.0. The summed E-state index contributed by atoms with van der Waals surface area (Å²) >= 11 is 0. The Hall–Kier alpha value is -0.750. The molecule has 7 heteroatoms. The summed E-state index contributed by atoms with van der Waals surface area (Å²) in [5.41, 5.74) is 3.05. The predicted octanol–water partition coefficient (Wildman–Crippen LogP) is 5.04. The molecule has 0 unspecified atom stereocenters. The number of aromatic hydroxyl groups is 1. The molecule has 0 aliphatic heterocycles. The number of hydrogen-bond acceptors (Lipinski definition) is 6. The molecule has 0 fully saturated rings. The van der Waals surface area contributed by atoms with Gasteiger partial charge in [0.1, 0.15) is 5.75 Å². The van der Waals surface area contributed by atoms with Gasteiger partial charge in [-0.3, -0.25) is 0 Å². The number of hydrogen-bond donors (Lipinski definition) is 6. The van der Waals surface area contributed by atoms with E-state index in [9.17, 15) is 5.11 Å². The van der Waals surface area contributed by atoms with Gasteiger partial charge >= 0.3 is 8.60 Å². The minimum absolute atomic E-state index is 0.0178. The summed E-state index contributed by atoms with van der Waals surface area (Å²) in [5, 5.41) is 28.5. The van der Waals surface area contributed by atoms with Crippen LogP contribution in [0, 0.1) is 12.3 Å². The lowest BCUT2D eigenvalue weighted by Crippen LogP contribution is -2.28. The van der Waals surface area contributed by atoms with E-state index in [2.05, 4.69) is 67.5 Å². The monoisotopic (exact) mass is 462 g/mol. The van der Waals surface area contributed by atoms with Crippen molar-refractivity contribution < 1.29 is 30.0 Å². The van der Waals surface area contributed by atoms with Crippen molar-refractivity contribution in [3.63, 3.8) is 0 Å². The molecule has 6 nitrogen and oxygen atoms in total. The van der Waals surface area contributed by atoms with E-state index < -0.39 is 8.60 Å². The lowest BCUT2D eigenvalue weighted by atomic mass is 9.78. The second-order valence-electron chi connectivity index (χ2n) is 10.3. The first kappa shape index (κ1) is 32.4. The maximum Gasteiger partial charge on any atom is 0.324 e. The van der Waals surface area contributed by atoms with Gasteiger partial charge in [-0.05, 0) is 41.7 Å². The van der Waals surface area contributed by atoms with Gasteiger partial charge in [0.15, 0.2) is 0 Å². The molecule has 0 heterocycles. The highest BCUT2D eigenvalue weighted by molar-refractivity contribution is 7.38. The summed E-state index contributed by atoms with van der Waals surface area (Å²) in [7, 11) is -2.62. The summed E-state index contributed by atoms with van der Waals surface area (Å²) < 4.78 is 0. The number of aliphatic hydroxyl groups is 2. The molecule has 0 atom stereocenters. The van der Waals surface area contributed by atoms with Crippen molar-refractivity contribution in [2.45, 2.75) is 98.8 Å². The Morgan fingerprint density at radius 3 is 1.39 bits per heavy atom. The van der Waals surface area contributed by atoms with E-state index in [4.69, 9.17) is 24.9 Å². The molecular formula is C24H47O6P. The molecule has 184 valence electrons. The zero-order valence-corrected chi connectivity index (χ0v) is 21.9. The molecule has 0 spiro atoms. The maximum atomic E-state index is 10.4. The van der Waals surface area contributed by atoms with Crippen LogP contribution < -0.4 is 0 Å². The zero-order chi connectivity index (χ0) is 25.0. The van der Waals surface area contributed by atoms with E-state index in [-0.39, 0.29) is 29.5 Å². The molecule has 0 saturated heterocycles. The third-order valence-corrected chi connectivity index (χ3v) is 5.35. The molecule has 1 rings (SSSR count). The summed E-state index contributed by atoms with van der Waals surface area (Å²) in [5.74, 6) is 0.464. The van der Waals surface area contributed by atoms with Gasteiger partial charge in [0.2, 0.25) is 0 Å². The number of unbranched alkanes of at least 4 members (excludes halogenated alkanes) is 1. The predicted molar refractivity (Wildman–Crippen MR) is 130 cm³/mol. The van der Waals surface area contributed by atoms with E-state index in [0.717, 1.165) is 36.8 Å². The first-order valence-corrected chi connectivity index (χ1v) is 12.1. The van der Waals surface area contributed by atoms with Crippen molar-refractivity contribution >= 4 is 8.60 Å². The fourth-order valence-electron chi connectivity index (χ4n) is 3.08. The molecule has 0 aromatic heterocycles. The number of rotatable bonds is 6. The summed E-state index contributed by atoms with van der Waals surface area (Å²) in [4.78, 5) is 21.7. The molecule has 1 aromatic carbocycles. The average Bonchev–Trinajstić information content (AvgIpc) is 2.63. The Bertz CT molecular complexity index is 567. The van der Waals surface area contributed by atoms with E-state index in [1.165, 1.54) is 5.56 Å². The Morgan fingerprint density at radius 1 is 0.806 bits per heavy atom. The van der Waals surface area contributed by atoms with Crippen LogP contribution in [-0.2, 0) is 10.8 Å². The van der Waals surface area contributed by atoms with Crippen LogP contribution in [0.2, 0.25) is 0 Å².